The molecule has 0 fully saturated rings. The lowest BCUT2D eigenvalue weighted by molar-refractivity contribution is 0.227. The number of nitrogens with one attached hydrogen (secondary N) is 1. The van der Waals surface area contributed by atoms with Crippen LogP contribution in [0.3, 0.4) is 0 Å². The maximum absolute atomic E-state index is 9.14. The van der Waals surface area contributed by atoms with E-state index in [1.165, 1.54) is 0 Å². The van der Waals surface area contributed by atoms with E-state index in [2.05, 4.69) is 31.0 Å². The summed E-state index contributed by atoms with van der Waals surface area (Å²) in [5.74, 6) is 0.612. The highest BCUT2D eigenvalue weighted by Gasteiger charge is 2.25. The molecular formula is C9H17N3OS. The fraction of sp³-hybridized carbons (Fsp3) is 0.778. The third kappa shape index (κ3) is 1.74. The minimum atomic E-state index is -0.0806. The lowest BCUT2D eigenvalue weighted by Gasteiger charge is -2.29. The molecule has 5 heteroatoms. The molecule has 1 aromatic rings. The number of rotatable bonds is 4. The van der Waals surface area contributed by atoms with Crippen LogP contribution in [-0.2, 0) is 12.1 Å². The second kappa shape index (κ2) is 4.23. The molecule has 0 atom stereocenters. The molecule has 0 aromatic carbocycles. The van der Waals surface area contributed by atoms with E-state index in [0.29, 0.717) is 10.6 Å². The molecule has 0 spiro atoms. The summed E-state index contributed by atoms with van der Waals surface area (Å²) in [6.07, 6.45) is 1.93. The summed E-state index contributed by atoms with van der Waals surface area (Å²) >= 11 is 5.15. The average molecular weight is 215 g/mol. The van der Waals surface area contributed by atoms with E-state index in [4.69, 9.17) is 17.3 Å². The first-order valence-electron chi connectivity index (χ1n) is 4.86. The van der Waals surface area contributed by atoms with E-state index >= 15 is 0 Å². The molecule has 1 aromatic heterocycles. The SMILES string of the molecule is CCC(C)(CC)n1c(CO)n[nH]c1=S. The monoisotopic (exact) mass is 215 g/mol. The fourth-order valence-electron chi connectivity index (χ4n) is 1.56. The predicted molar refractivity (Wildman–Crippen MR) is 57.6 cm³/mol. The molecule has 0 bridgehead atoms. The van der Waals surface area contributed by atoms with Gasteiger partial charge >= 0.3 is 0 Å². The van der Waals surface area contributed by atoms with Crippen molar-refractivity contribution in [3.05, 3.63) is 10.6 Å². The van der Waals surface area contributed by atoms with E-state index < -0.39 is 0 Å². The maximum atomic E-state index is 9.14. The zero-order valence-electron chi connectivity index (χ0n) is 8.87. The van der Waals surface area contributed by atoms with Crippen molar-refractivity contribution in [2.75, 3.05) is 0 Å². The lowest BCUT2D eigenvalue weighted by atomic mass is 9.95. The summed E-state index contributed by atoms with van der Waals surface area (Å²) in [5.41, 5.74) is -0.0534. The molecule has 0 aliphatic heterocycles. The van der Waals surface area contributed by atoms with Gasteiger partial charge in [-0.15, -0.1) is 0 Å². The topological polar surface area (TPSA) is 53.8 Å². The number of aliphatic hydroxyl groups excluding tert-OH is 1. The molecule has 0 unspecified atom stereocenters. The molecule has 0 aliphatic carbocycles. The molecule has 80 valence electrons. The molecule has 1 rings (SSSR count). The Hall–Kier alpha value is -0.680. The molecule has 0 aliphatic rings. The number of aliphatic hydroxyl groups is 1. The number of nitrogens with zero attached hydrogens (tertiary/aromatic N) is 2. The molecule has 4 nitrogen and oxygen atoms in total. The minimum absolute atomic E-state index is 0.0534. The molecule has 2 N–H and O–H groups in total. The van der Waals surface area contributed by atoms with E-state index in [-0.39, 0.29) is 12.1 Å². The maximum Gasteiger partial charge on any atom is 0.195 e. The van der Waals surface area contributed by atoms with Crippen molar-refractivity contribution in [3.63, 3.8) is 0 Å². The lowest BCUT2D eigenvalue weighted by Crippen LogP contribution is -2.30. The van der Waals surface area contributed by atoms with Crippen molar-refractivity contribution in [3.8, 4) is 0 Å². The summed E-state index contributed by atoms with van der Waals surface area (Å²) in [6, 6.07) is 0. The van der Waals surface area contributed by atoms with Gasteiger partial charge in [0.1, 0.15) is 6.61 Å². The highest BCUT2D eigenvalue weighted by Crippen LogP contribution is 2.25. The average Bonchev–Trinajstić information content (AvgIpc) is 2.59. The zero-order chi connectivity index (χ0) is 10.8. The zero-order valence-corrected chi connectivity index (χ0v) is 9.69. The van der Waals surface area contributed by atoms with Gasteiger partial charge in [-0.05, 0) is 32.0 Å². The van der Waals surface area contributed by atoms with Gasteiger partial charge in [0.05, 0.1) is 0 Å². The number of hydrogen-bond acceptors (Lipinski definition) is 3. The Balaban J connectivity index is 3.28. The predicted octanol–water partition coefficient (Wildman–Crippen LogP) is 1.97. The third-order valence-electron chi connectivity index (χ3n) is 2.95. The van der Waals surface area contributed by atoms with Gasteiger partial charge in [-0.2, -0.15) is 5.10 Å². The quantitative estimate of drug-likeness (QED) is 0.755. The van der Waals surface area contributed by atoms with Gasteiger partial charge in [0.2, 0.25) is 0 Å². The second-order valence-corrected chi connectivity index (χ2v) is 4.03. The van der Waals surface area contributed by atoms with Gasteiger partial charge in [0, 0.05) is 5.54 Å². The van der Waals surface area contributed by atoms with Crippen molar-refractivity contribution < 1.29 is 5.11 Å². The fourth-order valence-corrected chi connectivity index (χ4v) is 1.93. The van der Waals surface area contributed by atoms with E-state index in [1.807, 2.05) is 4.57 Å². The summed E-state index contributed by atoms with van der Waals surface area (Å²) in [4.78, 5) is 0. The molecule has 0 saturated carbocycles. The smallest absolute Gasteiger partial charge is 0.195 e. The Morgan fingerprint density at radius 1 is 1.50 bits per heavy atom. The van der Waals surface area contributed by atoms with E-state index in [0.717, 1.165) is 12.8 Å². The van der Waals surface area contributed by atoms with Crippen molar-refractivity contribution >= 4 is 12.2 Å². The molecule has 14 heavy (non-hydrogen) atoms. The Morgan fingerprint density at radius 3 is 2.50 bits per heavy atom. The van der Waals surface area contributed by atoms with Crippen LogP contribution in [0.25, 0.3) is 0 Å². The summed E-state index contributed by atoms with van der Waals surface area (Å²) in [6.45, 7) is 6.26. The normalized spacial score (nSPS) is 12.0. The Labute approximate surface area is 89.0 Å². The Kier molecular flexibility index (Phi) is 3.44. The first-order chi connectivity index (χ1) is 6.59. The highest BCUT2D eigenvalue weighted by molar-refractivity contribution is 7.71. The molecule has 1 heterocycles. The van der Waals surface area contributed by atoms with Crippen molar-refractivity contribution in [2.24, 2.45) is 0 Å². The number of aromatic nitrogens is 3. The third-order valence-corrected chi connectivity index (χ3v) is 3.22. The first-order valence-corrected chi connectivity index (χ1v) is 5.27. The van der Waals surface area contributed by atoms with Gasteiger partial charge in [0.25, 0.3) is 0 Å². The largest absolute Gasteiger partial charge is 0.388 e. The molecule has 0 radical (unpaired) electrons. The first kappa shape index (κ1) is 11.4. The van der Waals surface area contributed by atoms with Crippen LogP contribution in [0.5, 0.6) is 0 Å². The van der Waals surface area contributed by atoms with Crippen molar-refractivity contribution in [2.45, 2.75) is 45.8 Å². The Morgan fingerprint density at radius 2 is 2.07 bits per heavy atom. The van der Waals surface area contributed by atoms with Crippen LogP contribution in [0.15, 0.2) is 0 Å². The van der Waals surface area contributed by atoms with Gasteiger partial charge in [0.15, 0.2) is 10.6 Å². The van der Waals surface area contributed by atoms with Gasteiger partial charge < -0.3 is 5.11 Å². The van der Waals surface area contributed by atoms with Crippen molar-refractivity contribution in [1.29, 1.82) is 0 Å². The van der Waals surface area contributed by atoms with Crippen LogP contribution >= 0.6 is 12.2 Å². The van der Waals surface area contributed by atoms with Crippen LogP contribution in [0.2, 0.25) is 0 Å². The van der Waals surface area contributed by atoms with E-state index in [9.17, 15) is 0 Å². The van der Waals surface area contributed by atoms with E-state index in [1.54, 1.807) is 0 Å². The molecular weight excluding hydrogens is 198 g/mol. The molecule has 0 saturated heterocycles. The Bertz CT molecular complexity index is 351. The number of aromatic amines is 1. The minimum Gasteiger partial charge on any atom is -0.388 e. The van der Waals surface area contributed by atoms with Crippen LogP contribution in [-0.4, -0.2) is 19.9 Å². The highest BCUT2D eigenvalue weighted by atomic mass is 32.1. The van der Waals surface area contributed by atoms with Gasteiger partial charge in [-0.1, -0.05) is 13.8 Å². The summed E-state index contributed by atoms with van der Waals surface area (Å²) in [5, 5.41) is 15.8. The van der Waals surface area contributed by atoms with Crippen LogP contribution in [0, 0.1) is 4.77 Å². The summed E-state index contributed by atoms with van der Waals surface area (Å²) in [7, 11) is 0. The second-order valence-electron chi connectivity index (χ2n) is 3.64. The van der Waals surface area contributed by atoms with Crippen LogP contribution < -0.4 is 0 Å². The van der Waals surface area contributed by atoms with Crippen LogP contribution in [0.4, 0.5) is 0 Å². The van der Waals surface area contributed by atoms with Crippen molar-refractivity contribution in [1.82, 2.24) is 14.8 Å². The molecule has 0 amide bonds. The summed E-state index contributed by atoms with van der Waals surface area (Å²) < 4.78 is 2.50. The number of hydrogen-bond donors (Lipinski definition) is 2. The van der Waals surface area contributed by atoms with Gasteiger partial charge in [-0.3, -0.25) is 9.67 Å². The standard InChI is InChI=1S/C9H17N3OS/c1-4-9(3,5-2)12-7(6-13)10-11-8(12)14/h13H,4-6H2,1-3H3,(H,11,14). The number of H-pyrrole nitrogens is 1. The van der Waals surface area contributed by atoms with Gasteiger partial charge in [-0.25, -0.2) is 0 Å². The van der Waals surface area contributed by atoms with Crippen LogP contribution in [0.1, 0.15) is 39.4 Å².